The molecule has 5 rings (SSSR count). The average Bonchev–Trinajstić information content (AvgIpc) is 3.50. The Morgan fingerprint density at radius 3 is 2.64 bits per heavy atom. The third-order valence-electron chi connectivity index (χ3n) is 6.17. The van der Waals surface area contributed by atoms with E-state index in [0.717, 1.165) is 29.7 Å². The van der Waals surface area contributed by atoms with Crippen LogP contribution in [0.25, 0.3) is 11.4 Å². The van der Waals surface area contributed by atoms with E-state index in [4.69, 9.17) is 0 Å². The zero-order valence-corrected chi connectivity index (χ0v) is 18.5. The van der Waals surface area contributed by atoms with Gasteiger partial charge in [-0.2, -0.15) is 0 Å². The maximum absolute atomic E-state index is 12.9. The summed E-state index contributed by atoms with van der Waals surface area (Å²) < 4.78 is 3.13. The van der Waals surface area contributed by atoms with Crippen molar-refractivity contribution in [3.05, 3.63) is 64.8 Å². The van der Waals surface area contributed by atoms with Crippen LogP contribution in [0.3, 0.4) is 0 Å². The van der Waals surface area contributed by atoms with Crippen LogP contribution in [0.1, 0.15) is 30.9 Å². The van der Waals surface area contributed by atoms with Gasteiger partial charge in [0.15, 0.2) is 5.82 Å². The van der Waals surface area contributed by atoms with Crippen LogP contribution in [0.15, 0.2) is 53.6 Å². The first-order valence-electron chi connectivity index (χ1n) is 11.3. The van der Waals surface area contributed by atoms with Crippen molar-refractivity contribution < 1.29 is 9.59 Å². The third-order valence-corrected chi connectivity index (χ3v) is 6.17. The molecule has 0 bridgehead atoms. The van der Waals surface area contributed by atoms with Crippen LogP contribution in [0.4, 0.5) is 5.69 Å². The molecular weight excluding hydrogens is 420 g/mol. The van der Waals surface area contributed by atoms with Crippen molar-refractivity contribution in [3.63, 3.8) is 0 Å². The Balaban J connectivity index is 1.22. The van der Waals surface area contributed by atoms with E-state index >= 15 is 0 Å². The summed E-state index contributed by atoms with van der Waals surface area (Å²) in [5.41, 5.74) is 2.55. The Hall–Kier alpha value is -3.75. The van der Waals surface area contributed by atoms with Gasteiger partial charge in [-0.1, -0.05) is 17.7 Å². The number of anilines is 1. The number of nitrogens with zero attached hydrogens (tertiary/aromatic N) is 5. The van der Waals surface area contributed by atoms with Crippen LogP contribution in [0, 0.1) is 12.8 Å². The predicted octanol–water partition coefficient (Wildman–Crippen LogP) is 1.92. The standard InChI is InChI=1S/C24H26N6O3/c1-16-4-6-19(7-5-16)28-15-18(13-21(28)31)23(32)26-11-12-29-24(33)30(20-8-9-20)22(27-29)17-3-2-10-25-14-17/h2-7,10,14,18,20H,8-9,11-13,15H2,1H3,(H,26,32). The average molecular weight is 447 g/mol. The fourth-order valence-corrected chi connectivity index (χ4v) is 4.21. The van der Waals surface area contributed by atoms with E-state index in [1.165, 1.54) is 4.68 Å². The van der Waals surface area contributed by atoms with E-state index in [9.17, 15) is 14.4 Å². The highest BCUT2D eigenvalue weighted by molar-refractivity contribution is 6.00. The Morgan fingerprint density at radius 1 is 1.15 bits per heavy atom. The minimum absolute atomic E-state index is 0.0560. The molecule has 1 N–H and O–H groups in total. The van der Waals surface area contributed by atoms with Crippen LogP contribution in [0.2, 0.25) is 0 Å². The number of aromatic nitrogens is 4. The van der Waals surface area contributed by atoms with E-state index in [2.05, 4.69) is 15.4 Å². The number of nitrogens with one attached hydrogen (secondary N) is 1. The van der Waals surface area contributed by atoms with Crippen molar-refractivity contribution in [2.75, 3.05) is 18.0 Å². The molecule has 1 saturated heterocycles. The predicted molar refractivity (Wildman–Crippen MR) is 123 cm³/mol. The van der Waals surface area contributed by atoms with Gasteiger partial charge in [-0.25, -0.2) is 9.48 Å². The maximum atomic E-state index is 12.9. The van der Waals surface area contributed by atoms with E-state index in [0.29, 0.717) is 12.4 Å². The fourth-order valence-electron chi connectivity index (χ4n) is 4.21. The van der Waals surface area contributed by atoms with E-state index in [1.54, 1.807) is 21.9 Å². The second kappa shape index (κ2) is 8.65. The monoisotopic (exact) mass is 446 g/mol. The molecule has 3 aromatic rings. The van der Waals surface area contributed by atoms with Crippen LogP contribution < -0.4 is 15.9 Å². The number of carbonyl (C=O) groups excluding carboxylic acids is 2. The van der Waals surface area contributed by atoms with Crippen LogP contribution in [-0.2, 0) is 16.1 Å². The molecule has 1 aromatic carbocycles. The zero-order chi connectivity index (χ0) is 22.9. The van der Waals surface area contributed by atoms with Gasteiger partial charge in [0, 0.05) is 49.2 Å². The lowest BCUT2D eigenvalue weighted by molar-refractivity contribution is -0.126. The molecule has 0 spiro atoms. The molecule has 3 heterocycles. The number of hydrogen-bond acceptors (Lipinski definition) is 5. The van der Waals surface area contributed by atoms with Gasteiger partial charge in [-0.05, 0) is 44.0 Å². The molecule has 33 heavy (non-hydrogen) atoms. The molecule has 1 saturated carbocycles. The second-order valence-electron chi connectivity index (χ2n) is 8.70. The maximum Gasteiger partial charge on any atom is 0.346 e. The Bertz CT molecular complexity index is 1230. The van der Waals surface area contributed by atoms with Crippen molar-refractivity contribution in [3.8, 4) is 11.4 Å². The minimum Gasteiger partial charge on any atom is -0.354 e. The lowest BCUT2D eigenvalue weighted by Gasteiger charge is -2.17. The highest BCUT2D eigenvalue weighted by atomic mass is 16.2. The molecule has 9 heteroatoms. The van der Waals surface area contributed by atoms with Gasteiger partial charge < -0.3 is 10.2 Å². The number of benzene rings is 1. The quantitative estimate of drug-likeness (QED) is 0.597. The molecule has 2 amide bonds. The lowest BCUT2D eigenvalue weighted by Crippen LogP contribution is -2.36. The summed E-state index contributed by atoms with van der Waals surface area (Å²) in [6.45, 7) is 2.88. The second-order valence-corrected chi connectivity index (χ2v) is 8.70. The first-order valence-corrected chi connectivity index (χ1v) is 11.3. The molecule has 1 aliphatic heterocycles. The van der Waals surface area contributed by atoms with Crippen molar-refractivity contribution in [1.29, 1.82) is 0 Å². The SMILES string of the molecule is Cc1ccc(N2CC(C(=O)NCCn3nc(-c4cccnc4)n(C4CC4)c3=O)CC2=O)cc1. The number of amides is 2. The minimum atomic E-state index is -0.412. The van der Waals surface area contributed by atoms with Crippen molar-refractivity contribution in [2.45, 2.75) is 38.8 Å². The lowest BCUT2D eigenvalue weighted by atomic mass is 10.1. The molecule has 1 aliphatic carbocycles. The van der Waals surface area contributed by atoms with Gasteiger partial charge in [-0.15, -0.1) is 5.10 Å². The highest BCUT2D eigenvalue weighted by Crippen LogP contribution is 2.36. The largest absolute Gasteiger partial charge is 0.354 e. The van der Waals surface area contributed by atoms with Crippen LogP contribution >= 0.6 is 0 Å². The van der Waals surface area contributed by atoms with E-state index in [1.807, 2.05) is 43.3 Å². The van der Waals surface area contributed by atoms with Gasteiger partial charge in [-0.3, -0.25) is 19.1 Å². The van der Waals surface area contributed by atoms with E-state index < -0.39 is 5.92 Å². The molecule has 1 atom stereocenters. The van der Waals surface area contributed by atoms with Gasteiger partial charge in [0.05, 0.1) is 12.5 Å². The molecule has 2 fully saturated rings. The summed E-state index contributed by atoms with van der Waals surface area (Å²) in [5, 5.41) is 7.40. The number of pyridine rings is 1. The van der Waals surface area contributed by atoms with Gasteiger partial charge in [0.25, 0.3) is 0 Å². The summed E-state index contributed by atoms with van der Waals surface area (Å²) >= 11 is 0. The molecular formula is C24H26N6O3. The topological polar surface area (TPSA) is 102 Å². The Labute approximate surface area is 191 Å². The number of carbonyl (C=O) groups is 2. The molecule has 170 valence electrons. The zero-order valence-electron chi connectivity index (χ0n) is 18.5. The van der Waals surface area contributed by atoms with Crippen LogP contribution in [0.5, 0.6) is 0 Å². The molecule has 2 aliphatic rings. The van der Waals surface area contributed by atoms with Gasteiger partial charge >= 0.3 is 5.69 Å². The third kappa shape index (κ3) is 4.30. The van der Waals surface area contributed by atoms with Gasteiger partial charge in [0.1, 0.15) is 0 Å². The number of aryl methyl sites for hydroxylation is 1. The molecule has 2 aromatic heterocycles. The van der Waals surface area contributed by atoms with Crippen molar-refractivity contribution in [1.82, 2.24) is 24.6 Å². The summed E-state index contributed by atoms with van der Waals surface area (Å²) in [6.07, 6.45) is 5.49. The summed E-state index contributed by atoms with van der Waals surface area (Å²) in [7, 11) is 0. The number of hydrogen-bond donors (Lipinski definition) is 1. The smallest absolute Gasteiger partial charge is 0.346 e. The van der Waals surface area contributed by atoms with Crippen molar-refractivity contribution in [2.24, 2.45) is 5.92 Å². The molecule has 9 nitrogen and oxygen atoms in total. The van der Waals surface area contributed by atoms with Crippen LogP contribution in [-0.4, -0.2) is 44.2 Å². The molecule has 1 unspecified atom stereocenters. The Kier molecular flexibility index (Phi) is 5.53. The first-order chi connectivity index (χ1) is 16.0. The fraction of sp³-hybridized carbons (Fsp3) is 0.375. The Morgan fingerprint density at radius 2 is 1.94 bits per heavy atom. The van der Waals surface area contributed by atoms with Crippen molar-refractivity contribution >= 4 is 17.5 Å². The summed E-state index contributed by atoms with van der Waals surface area (Å²) in [5.74, 6) is -0.0396. The normalized spacial score (nSPS) is 18.0. The molecule has 0 radical (unpaired) electrons. The van der Waals surface area contributed by atoms with Gasteiger partial charge in [0.2, 0.25) is 11.8 Å². The summed E-state index contributed by atoms with van der Waals surface area (Å²) in [4.78, 5) is 43.9. The summed E-state index contributed by atoms with van der Waals surface area (Å²) in [6, 6.07) is 11.6. The highest BCUT2D eigenvalue weighted by Gasteiger charge is 2.35. The van der Waals surface area contributed by atoms with E-state index in [-0.39, 0.29) is 43.1 Å². The number of rotatable bonds is 7. The first kappa shape index (κ1) is 21.1.